The summed E-state index contributed by atoms with van der Waals surface area (Å²) >= 11 is 12.0. The van der Waals surface area contributed by atoms with Crippen molar-refractivity contribution in [2.24, 2.45) is 5.92 Å². The third-order valence-electron chi connectivity index (χ3n) is 6.86. The van der Waals surface area contributed by atoms with Crippen molar-refractivity contribution in [3.8, 4) is 0 Å². The van der Waals surface area contributed by atoms with Crippen molar-refractivity contribution in [2.45, 2.75) is 52.1 Å². The zero-order valence-electron chi connectivity index (χ0n) is 19.2. The number of carbonyl (C=O) groups is 4. The number of fused-ring (bicyclic) bond motifs is 1. The summed E-state index contributed by atoms with van der Waals surface area (Å²) in [7, 11) is 1.74. The Balaban J connectivity index is 1.80. The number of quaternary nitrogens is 1. The largest absolute Gasteiger partial charge is 0.605 e. The minimum Gasteiger partial charge on any atom is -0.599 e. The molecule has 3 atom stereocenters. The molecule has 0 spiro atoms. The number of benzene rings is 1. The van der Waals surface area contributed by atoms with Crippen LogP contribution in [0.2, 0.25) is 10.0 Å². The summed E-state index contributed by atoms with van der Waals surface area (Å²) in [4.78, 5) is 50.4. The first kappa shape index (κ1) is 25.3. The first-order chi connectivity index (χ1) is 15.3. The first-order valence-corrected chi connectivity index (χ1v) is 11.6. The van der Waals surface area contributed by atoms with Crippen molar-refractivity contribution < 1.29 is 32.9 Å². The molecule has 0 radical (unpaired) electrons. The standard InChI is InChI=1S/C21H28BCl2N3O6/c1-11(2)8-17(22-27(5,12(3)20(30)32-22)13(4)21(31)33-22)26-18(28)10-25-19(29)15-9-14(23)6-7-16(15)24/h6-7,9,11-13,17H,8,10H2,1-5H3,(H,25,29)(H,26,28)/t12-,13-,17+,22?,27?/m1/s1. The molecule has 3 rings (SSSR count). The van der Waals surface area contributed by atoms with Crippen LogP contribution in [-0.2, 0) is 23.7 Å². The van der Waals surface area contributed by atoms with Crippen LogP contribution in [0.15, 0.2) is 18.2 Å². The molecule has 0 saturated carbocycles. The van der Waals surface area contributed by atoms with Crippen LogP contribution in [0.5, 0.6) is 0 Å². The number of amides is 2. The van der Waals surface area contributed by atoms with E-state index in [9.17, 15) is 19.2 Å². The van der Waals surface area contributed by atoms with Gasteiger partial charge in [0.25, 0.3) is 5.91 Å². The number of nitrogens with zero attached hydrogens (tertiary/aromatic N) is 1. The maximum absolute atomic E-state index is 12.8. The molecule has 0 aromatic heterocycles. The van der Waals surface area contributed by atoms with E-state index in [1.54, 1.807) is 27.0 Å². The van der Waals surface area contributed by atoms with Gasteiger partial charge < -0.3 is 24.3 Å². The smallest absolute Gasteiger partial charge is 0.599 e. The van der Waals surface area contributed by atoms with E-state index < -0.39 is 48.5 Å². The lowest BCUT2D eigenvalue weighted by atomic mass is 9.57. The number of nitrogens with one attached hydrogen (secondary N) is 2. The zero-order valence-corrected chi connectivity index (χ0v) is 20.7. The zero-order chi connectivity index (χ0) is 24.7. The summed E-state index contributed by atoms with van der Waals surface area (Å²) in [6, 6.07) is 3.17. The number of rotatable bonds is 7. The highest BCUT2D eigenvalue weighted by Crippen LogP contribution is 2.44. The van der Waals surface area contributed by atoms with Crippen LogP contribution in [0.4, 0.5) is 0 Å². The van der Waals surface area contributed by atoms with Gasteiger partial charge >= 0.3 is 18.6 Å². The molecule has 2 heterocycles. The monoisotopic (exact) mass is 499 g/mol. The van der Waals surface area contributed by atoms with Gasteiger partial charge in [-0.15, -0.1) is 0 Å². The minimum absolute atomic E-state index is 0.0696. The lowest BCUT2D eigenvalue weighted by molar-refractivity contribution is -0.840. The van der Waals surface area contributed by atoms with Gasteiger partial charge in [0.1, 0.15) is 12.1 Å². The second-order valence-corrected chi connectivity index (χ2v) is 10.1. The molecule has 12 heteroatoms. The van der Waals surface area contributed by atoms with Crippen LogP contribution < -0.4 is 10.6 Å². The Morgan fingerprint density at radius 2 is 1.70 bits per heavy atom. The van der Waals surface area contributed by atoms with Crippen LogP contribution in [0.25, 0.3) is 0 Å². The Hall–Kier alpha value is -2.30. The number of hydrogen-bond acceptors (Lipinski definition) is 6. The lowest BCUT2D eigenvalue weighted by Gasteiger charge is -2.48. The summed E-state index contributed by atoms with van der Waals surface area (Å²) in [6.45, 7) is 4.35. The molecule has 0 bridgehead atoms. The fourth-order valence-corrected chi connectivity index (χ4v) is 5.15. The second kappa shape index (κ2) is 9.16. The van der Waals surface area contributed by atoms with Crippen molar-refractivity contribution in [3.63, 3.8) is 0 Å². The fourth-order valence-electron chi connectivity index (χ4n) is 4.78. The van der Waals surface area contributed by atoms with Gasteiger partial charge in [0, 0.05) is 12.1 Å². The molecule has 2 N–H and O–H groups in total. The molecule has 2 amide bonds. The molecule has 1 aromatic carbocycles. The SMILES string of the molecule is CC(C)C[C@H](NC(=O)CNC(=O)c1cc(Cl)ccc1Cl)[B-]12OC(=O)[C@@H](C)[N+]1(C)[C@H](C)C(=O)O2. The van der Waals surface area contributed by atoms with E-state index in [-0.39, 0.29) is 27.4 Å². The molecule has 9 nitrogen and oxygen atoms in total. The van der Waals surface area contributed by atoms with E-state index >= 15 is 0 Å². The van der Waals surface area contributed by atoms with E-state index in [0.29, 0.717) is 11.4 Å². The molecular weight excluding hydrogens is 472 g/mol. The van der Waals surface area contributed by atoms with Crippen LogP contribution >= 0.6 is 23.2 Å². The molecule has 2 aliphatic heterocycles. The van der Waals surface area contributed by atoms with Crippen LogP contribution in [-0.4, -0.2) is 66.5 Å². The Bertz CT molecular complexity index is 980. The van der Waals surface area contributed by atoms with E-state index in [0.717, 1.165) is 0 Å². The van der Waals surface area contributed by atoms with Gasteiger partial charge in [-0.25, -0.2) is 9.59 Å². The number of halogens is 2. The van der Waals surface area contributed by atoms with Gasteiger partial charge in [0.15, 0.2) is 0 Å². The maximum atomic E-state index is 12.8. The van der Waals surface area contributed by atoms with Gasteiger partial charge in [-0.05, 0) is 44.4 Å². The van der Waals surface area contributed by atoms with Gasteiger partial charge in [-0.3, -0.25) is 9.59 Å². The molecule has 2 saturated heterocycles. The predicted molar refractivity (Wildman–Crippen MR) is 123 cm³/mol. The topological polar surface area (TPSA) is 111 Å². The highest BCUT2D eigenvalue weighted by Gasteiger charge is 2.74. The average molecular weight is 500 g/mol. The molecule has 2 aliphatic rings. The normalized spacial score (nSPS) is 29.3. The fraction of sp³-hybridized carbons (Fsp3) is 0.524. The third-order valence-corrected chi connectivity index (χ3v) is 7.42. The highest BCUT2D eigenvalue weighted by atomic mass is 35.5. The Kier molecular flexibility index (Phi) is 7.03. The molecule has 180 valence electrons. The van der Waals surface area contributed by atoms with Crippen LogP contribution in [0.1, 0.15) is 44.5 Å². The van der Waals surface area contributed by atoms with E-state index in [1.807, 2.05) is 13.8 Å². The lowest BCUT2D eigenvalue weighted by Crippen LogP contribution is -2.74. The van der Waals surface area contributed by atoms with Crippen molar-refractivity contribution >= 4 is 53.6 Å². The van der Waals surface area contributed by atoms with Gasteiger partial charge in [-0.1, -0.05) is 37.0 Å². The average Bonchev–Trinajstić information content (AvgIpc) is 3.06. The summed E-state index contributed by atoms with van der Waals surface area (Å²) in [5.41, 5.74) is 0.139. The second-order valence-electron chi connectivity index (χ2n) is 9.29. The van der Waals surface area contributed by atoms with Gasteiger partial charge in [0.2, 0.25) is 5.91 Å². The summed E-state index contributed by atoms with van der Waals surface area (Å²) in [5, 5.41) is 5.88. The third kappa shape index (κ3) is 4.31. The van der Waals surface area contributed by atoms with Crippen molar-refractivity contribution in [1.29, 1.82) is 0 Å². The van der Waals surface area contributed by atoms with Crippen LogP contribution in [0, 0.1) is 5.92 Å². The molecule has 0 unspecified atom stereocenters. The van der Waals surface area contributed by atoms with Gasteiger partial charge in [-0.2, -0.15) is 0 Å². The molecule has 0 aliphatic carbocycles. The van der Waals surface area contributed by atoms with Crippen molar-refractivity contribution in [3.05, 3.63) is 33.8 Å². The Labute approximate surface area is 202 Å². The predicted octanol–water partition coefficient (Wildman–Crippen LogP) is 2.07. The number of hydrogen-bond donors (Lipinski definition) is 2. The number of likely N-dealkylation sites (N-methyl/N-ethyl adjacent to an activating group) is 1. The van der Waals surface area contributed by atoms with E-state index in [2.05, 4.69) is 10.6 Å². The summed E-state index contributed by atoms with van der Waals surface area (Å²) in [5.74, 6) is -2.74. The molecule has 2 fully saturated rings. The van der Waals surface area contributed by atoms with Gasteiger partial charge in [0.05, 0.1) is 23.1 Å². The first-order valence-electron chi connectivity index (χ1n) is 10.8. The van der Waals surface area contributed by atoms with Crippen molar-refractivity contribution in [1.82, 2.24) is 10.6 Å². The maximum Gasteiger partial charge on any atom is 0.605 e. The Morgan fingerprint density at radius 1 is 1.12 bits per heavy atom. The number of carbonyl (C=O) groups excluding carboxylic acids is 4. The molecule has 1 aromatic rings. The van der Waals surface area contributed by atoms with E-state index in [4.69, 9.17) is 32.5 Å². The summed E-state index contributed by atoms with van der Waals surface area (Å²) < 4.78 is 11.4. The Morgan fingerprint density at radius 3 is 2.24 bits per heavy atom. The van der Waals surface area contributed by atoms with E-state index in [1.165, 1.54) is 12.1 Å². The minimum atomic E-state index is -2.55. The quantitative estimate of drug-likeness (QED) is 0.555. The molecule has 33 heavy (non-hydrogen) atoms. The summed E-state index contributed by atoms with van der Waals surface area (Å²) in [6.07, 6.45) is 0.396. The van der Waals surface area contributed by atoms with Crippen molar-refractivity contribution in [2.75, 3.05) is 13.6 Å². The van der Waals surface area contributed by atoms with Crippen LogP contribution in [0.3, 0.4) is 0 Å². The molecular formula is C21H28BCl2N3O6. The highest BCUT2D eigenvalue weighted by molar-refractivity contribution is 6.68.